The third-order valence-corrected chi connectivity index (χ3v) is 7.59. The Kier molecular flexibility index (Phi) is 3.25. The molecule has 1 aliphatic heterocycles. The summed E-state index contributed by atoms with van der Waals surface area (Å²) in [6, 6.07) is 0. The summed E-state index contributed by atoms with van der Waals surface area (Å²) in [5.74, 6) is 2.12. The standard InChI is InChI=1S/C17H26BrNO2/c1-2-13-8-19(9-14(13)20)15(21)16-4-11-3-12(5-16)7-17(18,6-11)10-16/h11-14,20H,2-10H2,1H3/t11-,12-,13+,14-,16?,17?/m1/s1. The molecule has 1 heterocycles. The zero-order valence-electron chi connectivity index (χ0n) is 12.9. The van der Waals surface area contributed by atoms with Crippen molar-refractivity contribution in [2.75, 3.05) is 13.1 Å². The predicted molar refractivity (Wildman–Crippen MR) is 85.1 cm³/mol. The Hall–Kier alpha value is -0.0900. The normalized spacial score (nSPS) is 51.7. The molecule has 0 aromatic carbocycles. The van der Waals surface area contributed by atoms with Gasteiger partial charge in [-0.25, -0.2) is 0 Å². The van der Waals surface area contributed by atoms with Crippen molar-refractivity contribution >= 4 is 21.8 Å². The predicted octanol–water partition coefficient (Wildman–Crippen LogP) is 2.95. The first-order valence-corrected chi connectivity index (χ1v) is 9.39. The summed E-state index contributed by atoms with van der Waals surface area (Å²) in [7, 11) is 0. The Morgan fingerprint density at radius 3 is 2.43 bits per heavy atom. The SMILES string of the molecule is CC[C@H]1CN(C(=O)C23C[C@H]4C[C@@H](CC(Br)(C4)C2)C3)C[C@H]1O. The Labute approximate surface area is 135 Å². The van der Waals surface area contributed by atoms with Gasteiger partial charge in [0.05, 0.1) is 11.5 Å². The quantitative estimate of drug-likeness (QED) is 0.773. The van der Waals surface area contributed by atoms with E-state index in [0.29, 0.717) is 12.5 Å². The smallest absolute Gasteiger partial charge is 0.228 e. The largest absolute Gasteiger partial charge is 0.391 e. The van der Waals surface area contributed by atoms with E-state index in [2.05, 4.69) is 22.9 Å². The number of rotatable bonds is 2. The fraction of sp³-hybridized carbons (Fsp3) is 0.941. The number of aliphatic hydroxyl groups is 1. The number of carbonyl (C=O) groups excluding carboxylic acids is 1. The first-order valence-electron chi connectivity index (χ1n) is 8.59. The van der Waals surface area contributed by atoms with Gasteiger partial charge in [0.1, 0.15) is 0 Å². The Bertz CT molecular complexity index is 452. The number of hydrogen-bond donors (Lipinski definition) is 1. The number of β-amino-alcohol motifs (C(OH)–C–C–N with tert-alkyl or cyclic N) is 1. The minimum absolute atomic E-state index is 0.115. The fourth-order valence-electron chi connectivity index (χ4n) is 6.16. The molecule has 4 heteroatoms. The highest BCUT2D eigenvalue weighted by atomic mass is 79.9. The van der Waals surface area contributed by atoms with Crippen LogP contribution in [0.25, 0.3) is 0 Å². The lowest BCUT2D eigenvalue weighted by atomic mass is 9.49. The van der Waals surface area contributed by atoms with Crippen molar-refractivity contribution in [2.24, 2.45) is 23.2 Å². The van der Waals surface area contributed by atoms with Crippen molar-refractivity contribution in [2.45, 2.75) is 62.3 Å². The number of nitrogens with zero attached hydrogens (tertiary/aromatic N) is 1. The van der Waals surface area contributed by atoms with Crippen molar-refractivity contribution in [3.05, 3.63) is 0 Å². The van der Waals surface area contributed by atoms with E-state index in [4.69, 9.17) is 0 Å². The second kappa shape index (κ2) is 4.70. The van der Waals surface area contributed by atoms with E-state index in [1.807, 2.05) is 4.90 Å². The molecular formula is C17H26BrNO2. The zero-order chi connectivity index (χ0) is 14.8. The van der Waals surface area contributed by atoms with Crippen molar-refractivity contribution in [1.29, 1.82) is 0 Å². The average molecular weight is 356 g/mol. The fourth-order valence-corrected chi connectivity index (χ4v) is 7.61. The highest BCUT2D eigenvalue weighted by Crippen LogP contribution is 2.65. The number of alkyl halides is 1. The molecule has 21 heavy (non-hydrogen) atoms. The van der Waals surface area contributed by atoms with Gasteiger partial charge < -0.3 is 10.0 Å². The van der Waals surface area contributed by atoms with Gasteiger partial charge >= 0.3 is 0 Å². The number of aliphatic hydroxyl groups excluding tert-OH is 1. The van der Waals surface area contributed by atoms with Crippen molar-refractivity contribution in [3.63, 3.8) is 0 Å². The maximum atomic E-state index is 13.2. The molecule has 0 radical (unpaired) electrons. The molecular weight excluding hydrogens is 330 g/mol. The van der Waals surface area contributed by atoms with E-state index in [0.717, 1.165) is 44.1 Å². The topological polar surface area (TPSA) is 40.5 Å². The van der Waals surface area contributed by atoms with Crippen molar-refractivity contribution in [3.8, 4) is 0 Å². The molecule has 0 aromatic heterocycles. The highest BCUT2D eigenvalue weighted by Gasteiger charge is 2.60. The summed E-state index contributed by atoms with van der Waals surface area (Å²) >= 11 is 3.99. The van der Waals surface area contributed by atoms with E-state index in [-0.39, 0.29) is 21.8 Å². The van der Waals surface area contributed by atoms with E-state index in [1.165, 1.54) is 19.3 Å². The van der Waals surface area contributed by atoms with Crippen molar-refractivity contribution in [1.82, 2.24) is 4.90 Å². The van der Waals surface area contributed by atoms with Crippen LogP contribution >= 0.6 is 15.9 Å². The number of likely N-dealkylation sites (tertiary alicyclic amines) is 1. The van der Waals surface area contributed by atoms with Crippen LogP contribution < -0.4 is 0 Å². The lowest BCUT2D eigenvalue weighted by molar-refractivity contribution is -0.154. The third-order valence-electron chi connectivity index (χ3n) is 6.66. The van der Waals surface area contributed by atoms with Gasteiger partial charge in [-0.3, -0.25) is 4.79 Å². The maximum Gasteiger partial charge on any atom is 0.228 e. The summed E-state index contributed by atoms with van der Waals surface area (Å²) in [5.41, 5.74) is -0.115. The molecule has 5 rings (SSSR count). The number of carbonyl (C=O) groups is 1. The van der Waals surface area contributed by atoms with Gasteiger partial charge in [0.15, 0.2) is 0 Å². The second-order valence-corrected chi connectivity index (χ2v) is 10.0. The third kappa shape index (κ3) is 2.20. The molecule has 1 N–H and O–H groups in total. The molecule has 118 valence electrons. The molecule has 1 amide bonds. The van der Waals surface area contributed by atoms with Crippen LogP contribution in [0.2, 0.25) is 0 Å². The minimum atomic E-state index is -0.314. The average Bonchev–Trinajstić information content (AvgIpc) is 2.76. The van der Waals surface area contributed by atoms with Crippen molar-refractivity contribution < 1.29 is 9.90 Å². The molecule has 0 unspecified atom stereocenters. The summed E-state index contributed by atoms with van der Waals surface area (Å²) in [6.45, 7) is 3.44. The van der Waals surface area contributed by atoms with E-state index in [1.54, 1.807) is 0 Å². The molecule has 1 saturated heterocycles. The molecule has 0 spiro atoms. The monoisotopic (exact) mass is 355 g/mol. The Morgan fingerprint density at radius 1 is 1.24 bits per heavy atom. The van der Waals surface area contributed by atoms with Crippen LogP contribution in [0.3, 0.4) is 0 Å². The molecule has 3 nitrogen and oxygen atoms in total. The Balaban J connectivity index is 1.57. The molecule has 5 aliphatic rings. The lowest BCUT2D eigenvalue weighted by Crippen LogP contribution is -2.58. The van der Waals surface area contributed by atoms with Crippen LogP contribution in [0.15, 0.2) is 0 Å². The zero-order valence-corrected chi connectivity index (χ0v) is 14.4. The summed E-state index contributed by atoms with van der Waals surface area (Å²) < 4.78 is 0.231. The lowest BCUT2D eigenvalue weighted by Gasteiger charge is -2.60. The summed E-state index contributed by atoms with van der Waals surface area (Å²) in [6.07, 6.45) is 7.73. The summed E-state index contributed by atoms with van der Waals surface area (Å²) in [4.78, 5) is 15.2. The highest BCUT2D eigenvalue weighted by molar-refractivity contribution is 9.10. The van der Waals surface area contributed by atoms with Gasteiger partial charge in [0.25, 0.3) is 0 Å². The maximum absolute atomic E-state index is 13.2. The van der Waals surface area contributed by atoms with Crippen LogP contribution in [-0.4, -0.2) is 39.4 Å². The van der Waals surface area contributed by atoms with Gasteiger partial charge in [-0.15, -0.1) is 0 Å². The number of amides is 1. The second-order valence-electron chi connectivity index (χ2n) is 8.34. The van der Waals surface area contributed by atoms with E-state index < -0.39 is 0 Å². The van der Waals surface area contributed by atoms with Gasteiger partial charge in [0, 0.05) is 23.3 Å². The van der Waals surface area contributed by atoms with Crippen LogP contribution in [-0.2, 0) is 4.79 Å². The van der Waals surface area contributed by atoms with E-state index in [9.17, 15) is 9.90 Å². The first kappa shape index (κ1) is 14.5. The Morgan fingerprint density at radius 2 is 1.90 bits per heavy atom. The van der Waals surface area contributed by atoms with Gasteiger partial charge in [-0.1, -0.05) is 22.9 Å². The summed E-state index contributed by atoms with van der Waals surface area (Å²) in [5, 5.41) is 10.1. The van der Waals surface area contributed by atoms with Crippen LogP contribution in [0.5, 0.6) is 0 Å². The molecule has 4 aliphatic carbocycles. The number of halogens is 1. The van der Waals surface area contributed by atoms with Gasteiger partial charge in [-0.2, -0.15) is 0 Å². The minimum Gasteiger partial charge on any atom is -0.391 e. The van der Waals surface area contributed by atoms with Gasteiger partial charge in [0.2, 0.25) is 5.91 Å². The molecule has 4 atom stereocenters. The number of hydrogen-bond acceptors (Lipinski definition) is 2. The molecule has 4 saturated carbocycles. The van der Waals surface area contributed by atoms with Crippen LogP contribution in [0, 0.1) is 23.2 Å². The van der Waals surface area contributed by atoms with Crippen LogP contribution in [0.1, 0.15) is 51.9 Å². The molecule has 0 aromatic rings. The van der Waals surface area contributed by atoms with E-state index >= 15 is 0 Å². The van der Waals surface area contributed by atoms with Crippen LogP contribution in [0.4, 0.5) is 0 Å². The molecule has 4 bridgehead atoms. The van der Waals surface area contributed by atoms with Gasteiger partial charge in [-0.05, 0) is 56.8 Å². The first-order chi connectivity index (χ1) is 9.93. The molecule has 5 fully saturated rings.